The fraction of sp³-hybridized carbons (Fsp3) is 0.615. The lowest BCUT2D eigenvalue weighted by Crippen LogP contribution is -2.50. The Morgan fingerprint density at radius 1 is 1.32 bits per heavy atom. The number of aromatic nitrogens is 4. The number of hydrogen-bond acceptors (Lipinski definition) is 5. The standard InChI is InChI=1S/C13H16F3N5O/c1-3-12(2)8-20(6-7-22-12)10-5-4-9-17-18-11(13(14,15)16)21(9)19-10/h4-5H,3,6-8H2,1-2H3. The van der Waals surface area contributed by atoms with Gasteiger partial charge in [-0.2, -0.15) is 17.7 Å². The Kier molecular flexibility index (Phi) is 3.47. The van der Waals surface area contributed by atoms with Crippen LogP contribution in [0.1, 0.15) is 26.1 Å². The predicted octanol–water partition coefficient (Wildman–Crippen LogP) is 2.15. The molecule has 6 nitrogen and oxygen atoms in total. The normalized spacial score (nSPS) is 23.2. The molecule has 1 fully saturated rings. The zero-order valence-corrected chi connectivity index (χ0v) is 12.3. The number of anilines is 1. The van der Waals surface area contributed by atoms with E-state index >= 15 is 0 Å². The first-order valence-corrected chi connectivity index (χ1v) is 7.01. The molecule has 0 N–H and O–H groups in total. The van der Waals surface area contributed by atoms with Gasteiger partial charge in [0.25, 0.3) is 5.82 Å². The van der Waals surface area contributed by atoms with Crippen LogP contribution < -0.4 is 4.90 Å². The molecule has 0 saturated carbocycles. The van der Waals surface area contributed by atoms with Crippen LogP contribution in [0.5, 0.6) is 0 Å². The van der Waals surface area contributed by atoms with E-state index in [-0.39, 0.29) is 11.2 Å². The summed E-state index contributed by atoms with van der Waals surface area (Å²) in [5, 5.41) is 10.8. The number of fused-ring (bicyclic) bond motifs is 1. The van der Waals surface area contributed by atoms with Gasteiger partial charge in [-0.1, -0.05) is 6.92 Å². The van der Waals surface area contributed by atoms with Crippen LogP contribution in [0.25, 0.3) is 5.65 Å². The number of halogens is 3. The molecule has 1 saturated heterocycles. The van der Waals surface area contributed by atoms with Crippen molar-refractivity contribution in [2.75, 3.05) is 24.6 Å². The molecule has 120 valence electrons. The molecule has 2 aromatic rings. The van der Waals surface area contributed by atoms with Crippen LogP contribution in [0.2, 0.25) is 0 Å². The van der Waals surface area contributed by atoms with E-state index in [1.54, 1.807) is 6.07 Å². The lowest BCUT2D eigenvalue weighted by Gasteiger charge is -2.40. The Balaban J connectivity index is 1.98. The maximum Gasteiger partial charge on any atom is 0.453 e. The number of ether oxygens (including phenoxy) is 1. The van der Waals surface area contributed by atoms with Gasteiger partial charge in [0.05, 0.1) is 12.2 Å². The summed E-state index contributed by atoms with van der Waals surface area (Å²) in [6.45, 7) is 5.67. The number of morpholine rings is 1. The van der Waals surface area contributed by atoms with Crippen molar-refractivity contribution >= 4 is 11.5 Å². The quantitative estimate of drug-likeness (QED) is 0.850. The average molecular weight is 315 g/mol. The predicted molar refractivity (Wildman–Crippen MR) is 72.6 cm³/mol. The van der Waals surface area contributed by atoms with Crippen LogP contribution in [-0.2, 0) is 10.9 Å². The Labute approximate surface area is 124 Å². The van der Waals surface area contributed by atoms with Crippen LogP contribution in [0.4, 0.5) is 19.0 Å². The van der Waals surface area contributed by atoms with E-state index in [4.69, 9.17) is 4.74 Å². The minimum atomic E-state index is -4.59. The van der Waals surface area contributed by atoms with E-state index < -0.39 is 12.0 Å². The van der Waals surface area contributed by atoms with E-state index in [2.05, 4.69) is 15.3 Å². The number of nitrogens with zero attached hydrogens (tertiary/aromatic N) is 5. The van der Waals surface area contributed by atoms with Crippen molar-refractivity contribution in [1.82, 2.24) is 19.8 Å². The summed E-state index contributed by atoms with van der Waals surface area (Å²) < 4.78 is 45.2. The molecule has 1 aliphatic rings. The minimum Gasteiger partial charge on any atom is -0.372 e. The summed E-state index contributed by atoms with van der Waals surface area (Å²) in [7, 11) is 0. The highest BCUT2D eigenvalue weighted by molar-refractivity contribution is 5.46. The third-order valence-electron chi connectivity index (χ3n) is 3.91. The average Bonchev–Trinajstić information content (AvgIpc) is 2.90. The zero-order valence-electron chi connectivity index (χ0n) is 12.3. The minimum absolute atomic E-state index is 0.0718. The van der Waals surface area contributed by atoms with Gasteiger partial charge in [-0.05, 0) is 25.5 Å². The summed E-state index contributed by atoms with van der Waals surface area (Å²) in [5.41, 5.74) is -0.253. The summed E-state index contributed by atoms with van der Waals surface area (Å²) in [6, 6.07) is 3.15. The van der Waals surface area contributed by atoms with Gasteiger partial charge in [0.1, 0.15) is 5.82 Å². The molecular weight excluding hydrogens is 299 g/mol. The Hall–Kier alpha value is -1.90. The Bertz CT molecular complexity index is 686. The van der Waals surface area contributed by atoms with Crippen molar-refractivity contribution < 1.29 is 17.9 Å². The molecule has 9 heteroatoms. The van der Waals surface area contributed by atoms with Gasteiger partial charge in [-0.25, -0.2) is 0 Å². The largest absolute Gasteiger partial charge is 0.453 e. The van der Waals surface area contributed by atoms with Crippen LogP contribution in [-0.4, -0.2) is 45.1 Å². The molecule has 0 radical (unpaired) electrons. The molecule has 0 aromatic carbocycles. The van der Waals surface area contributed by atoms with Crippen molar-refractivity contribution in [3.05, 3.63) is 18.0 Å². The number of alkyl halides is 3. The maximum atomic E-state index is 12.9. The van der Waals surface area contributed by atoms with Crippen LogP contribution in [0, 0.1) is 0 Å². The molecule has 1 aliphatic heterocycles. The lowest BCUT2D eigenvalue weighted by atomic mass is 10.0. The van der Waals surface area contributed by atoms with Gasteiger partial charge < -0.3 is 9.64 Å². The van der Waals surface area contributed by atoms with Gasteiger partial charge in [0.2, 0.25) is 0 Å². The summed E-state index contributed by atoms with van der Waals surface area (Å²) in [4.78, 5) is 1.92. The second-order valence-electron chi connectivity index (χ2n) is 5.56. The van der Waals surface area contributed by atoms with Crippen molar-refractivity contribution in [2.45, 2.75) is 32.0 Å². The number of rotatable bonds is 2. The first-order valence-electron chi connectivity index (χ1n) is 7.01. The van der Waals surface area contributed by atoms with E-state index in [1.807, 2.05) is 18.7 Å². The van der Waals surface area contributed by atoms with E-state index in [1.165, 1.54) is 6.07 Å². The van der Waals surface area contributed by atoms with Gasteiger partial charge >= 0.3 is 6.18 Å². The molecule has 0 amide bonds. The van der Waals surface area contributed by atoms with Gasteiger partial charge in [0, 0.05) is 13.1 Å². The Morgan fingerprint density at radius 3 is 2.77 bits per heavy atom. The summed E-state index contributed by atoms with van der Waals surface area (Å²) >= 11 is 0. The highest BCUT2D eigenvalue weighted by atomic mass is 19.4. The van der Waals surface area contributed by atoms with E-state index in [0.717, 1.165) is 10.9 Å². The van der Waals surface area contributed by atoms with Crippen molar-refractivity contribution in [1.29, 1.82) is 0 Å². The SMILES string of the molecule is CCC1(C)CN(c2ccc3nnc(C(F)(F)F)n3n2)CCO1. The van der Waals surface area contributed by atoms with Crippen LogP contribution in [0.15, 0.2) is 12.1 Å². The Morgan fingerprint density at radius 2 is 2.09 bits per heavy atom. The third-order valence-corrected chi connectivity index (χ3v) is 3.91. The van der Waals surface area contributed by atoms with Gasteiger partial charge in [0.15, 0.2) is 5.65 Å². The highest BCUT2D eigenvalue weighted by Crippen LogP contribution is 2.29. The van der Waals surface area contributed by atoms with E-state index in [0.29, 0.717) is 25.5 Å². The lowest BCUT2D eigenvalue weighted by molar-refractivity contribution is -0.146. The second-order valence-corrected chi connectivity index (χ2v) is 5.56. The van der Waals surface area contributed by atoms with Crippen LogP contribution in [0.3, 0.4) is 0 Å². The molecule has 1 atom stereocenters. The molecule has 2 aromatic heterocycles. The monoisotopic (exact) mass is 315 g/mol. The highest BCUT2D eigenvalue weighted by Gasteiger charge is 2.38. The first kappa shape index (κ1) is 15.0. The molecule has 0 aliphatic carbocycles. The molecule has 1 unspecified atom stereocenters. The summed E-state index contributed by atoms with van der Waals surface area (Å²) in [6.07, 6.45) is -3.78. The molecule has 3 rings (SSSR count). The topological polar surface area (TPSA) is 55.6 Å². The maximum absolute atomic E-state index is 12.9. The van der Waals surface area contributed by atoms with Gasteiger partial charge in [-0.3, -0.25) is 0 Å². The molecule has 22 heavy (non-hydrogen) atoms. The van der Waals surface area contributed by atoms with Crippen molar-refractivity contribution in [2.24, 2.45) is 0 Å². The number of hydrogen-bond donors (Lipinski definition) is 0. The molecule has 3 heterocycles. The van der Waals surface area contributed by atoms with E-state index in [9.17, 15) is 13.2 Å². The van der Waals surface area contributed by atoms with Crippen molar-refractivity contribution in [3.8, 4) is 0 Å². The molecule has 0 bridgehead atoms. The zero-order chi connectivity index (χ0) is 16.0. The smallest absolute Gasteiger partial charge is 0.372 e. The van der Waals surface area contributed by atoms with Crippen molar-refractivity contribution in [3.63, 3.8) is 0 Å². The fourth-order valence-electron chi connectivity index (χ4n) is 2.46. The van der Waals surface area contributed by atoms with Crippen LogP contribution >= 0.6 is 0 Å². The second kappa shape index (κ2) is 5.08. The molecule has 0 spiro atoms. The third kappa shape index (κ3) is 2.60. The summed E-state index contributed by atoms with van der Waals surface area (Å²) in [5.74, 6) is -0.656. The van der Waals surface area contributed by atoms with Gasteiger partial charge in [-0.15, -0.1) is 15.3 Å². The first-order chi connectivity index (χ1) is 10.3. The molecular formula is C13H16F3N5O. The fourth-order valence-corrected chi connectivity index (χ4v) is 2.46.